The summed E-state index contributed by atoms with van der Waals surface area (Å²) in [5.41, 5.74) is 1.23. The first-order chi connectivity index (χ1) is 8.42. The fourth-order valence-corrected chi connectivity index (χ4v) is 2.08. The molecular formula is C11H11F3N2OS. The fraction of sp³-hybridized carbons (Fsp3) is 0.364. The Balaban J connectivity index is 2.45. The van der Waals surface area contributed by atoms with Crippen molar-refractivity contribution in [3.63, 3.8) is 0 Å². The summed E-state index contributed by atoms with van der Waals surface area (Å²) < 4.78 is 43.5. The van der Waals surface area contributed by atoms with Crippen LogP contribution >= 0.6 is 12.2 Å². The molecule has 2 rings (SSSR count). The molecule has 0 unspecified atom stereocenters. The highest BCUT2D eigenvalue weighted by atomic mass is 32.1. The maximum absolute atomic E-state index is 12.2. The molecule has 1 aromatic heterocycles. The Morgan fingerprint density at radius 2 is 2.11 bits per heavy atom. The predicted molar refractivity (Wildman–Crippen MR) is 64.3 cm³/mol. The number of imidazole rings is 1. The molecule has 0 aliphatic heterocycles. The molecule has 2 aromatic rings. The number of aromatic amines is 1. The van der Waals surface area contributed by atoms with Gasteiger partial charge in [-0.2, -0.15) is 13.2 Å². The molecule has 0 aliphatic rings. The molecule has 1 aromatic carbocycles. The molecular weight excluding hydrogens is 265 g/mol. The predicted octanol–water partition coefficient (Wildman–Crippen LogP) is 3.66. The quantitative estimate of drug-likeness (QED) is 0.867. The number of benzene rings is 1. The standard InChI is InChI=1S/C11H11F3N2OS/c1-17-8-4-2-3-7-9(8)15-10(18)16(7)6-5-11(12,13)14/h2-4H,5-6H2,1H3,(H,15,18). The summed E-state index contributed by atoms with van der Waals surface area (Å²) in [6, 6.07) is 5.15. The molecule has 3 nitrogen and oxygen atoms in total. The second kappa shape index (κ2) is 4.64. The van der Waals surface area contributed by atoms with Gasteiger partial charge in [-0.05, 0) is 24.4 Å². The molecule has 0 fully saturated rings. The van der Waals surface area contributed by atoms with Gasteiger partial charge in [-0.25, -0.2) is 0 Å². The highest BCUT2D eigenvalue weighted by Crippen LogP contribution is 2.26. The minimum absolute atomic E-state index is 0.199. The van der Waals surface area contributed by atoms with E-state index in [2.05, 4.69) is 4.98 Å². The Morgan fingerprint density at radius 1 is 1.39 bits per heavy atom. The maximum atomic E-state index is 12.2. The summed E-state index contributed by atoms with van der Waals surface area (Å²) in [7, 11) is 1.50. The van der Waals surface area contributed by atoms with Gasteiger partial charge in [0.25, 0.3) is 0 Å². The summed E-state index contributed by atoms with van der Waals surface area (Å²) in [6.45, 7) is -0.199. The lowest BCUT2D eigenvalue weighted by Crippen LogP contribution is -2.12. The van der Waals surface area contributed by atoms with Crippen LogP contribution < -0.4 is 4.74 Å². The van der Waals surface area contributed by atoms with E-state index in [1.165, 1.54) is 11.7 Å². The first-order valence-corrected chi connectivity index (χ1v) is 5.65. The number of para-hydroxylation sites is 1. The van der Waals surface area contributed by atoms with Gasteiger partial charge in [0, 0.05) is 6.54 Å². The number of ether oxygens (including phenoxy) is 1. The van der Waals surface area contributed by atoms with Crippen LogP contribution in [0.1, 0.15) is 6.42 Å². The minimum atomic E-state index is -4.20. The van der Waals surface area contributed by atoms with Gasteiger partial charge >= 0.3 is 6.18 Å². The zero-order valence-corrected chi connectivity index (χ0v) is 10.4. The van der Waals surface area contributed by atoms with Crippen molar-refractivity contribution in [3.05, 3.63) is 23.0 Å². The van der Waals surface area contributed by atoms with Crippen LogP contribution in [0, 0.1) is 4.77 Å². The van der Waals surface area contributed by atoms with Crippen molar-refractivity contribution >= 4 is 23.3 Å². The number of nitrogens with zero attached hydrogens (tertiary/aromatic N) is 1. The third-order valence-corrected chi connectivity index (χ3v) is 2.93. The summed E-state index contributed by atoms with van der Waals surface area (Å²) in [4.78, 5) is 2.87. The molecule has 0 saturated heterocycles. The number of fused-ring (bicyclic) bond motifs is 1. The van der Waals surface area contributed by atoms with Gasteiger partial charge in [0.2, 0.25) is 0 Å². The number of aromatic nitrogens is 2. The van der Waals surface area contributed by atoms with Crippen LogP contribution in [0.25, 0.3) is 11.0 Å². The largest absolute Gasteiger partial charge is 0.494 e. The summed E-state index contributed by atoms with van der Waals surface area (Å²) in [6.07, 6.45) is -5.11. The topological polar surface area (TPSA) is 29.9 Å². The van der Waals surface area contributed by atoms with E-state index in [9.17, 15) is 13.2 Å². The van der Waals surface area contributed by atoms with Crippen molar-refractivity contribution in [2.75, 3.05) is 7.11 Å². The summed E-state index contributed by atoms with van der Waals surface area (Å²) >= 11 is 5.03. The molecule has 0 radical (unpaired) electrons. The average molecular weight is 276 g/mol. The number of H-pyrrole nitrogens is 1. The molecule has 7 heteroatoms. The smallest absolute Gasteiger partial charge is 0.390 e. The fourth-order valence-electron chi connectivity index (χ4n) is 1.78. The summed E-state index contributed by atoms with van der Waals surface area (Å²) in [5, 5.41) is 0. The second-order valence-corrected chi connectivity index (χ2v) is 4.19. The normalized spacial score (nSPS) is 12.0. The van der Waals surface area contributed by atoms with Crippen molar-refractivity contribution in [3.8, 4) is 5.75 Å². The lowest BCUT2D eigenvalue weighted by atomic mass is 10.3. The van der Waals surface area contributed by atoms with E-state index in [0.29, 0.717) is 16.8 Å². The number of halogens is 3. The van der Waals surface area contributed by atoms with Crippen LogP contribution in [0.2, 0.25) is 0 Å². The number of hydrogen-bond donors (Lipinski definition) is 1. The molecule has 1 heterocycles. The van der Waals surface area contributed by atoms with Gasteiger partial charge in [0.15, 0.2) is 4.77 Å². The molecule has 0 saturated carbocycles. The van der Waals surface area contributed by atoms with E-state index in [0.717, 1.165) is 0 Å². The van der Waals surface area contributed by atoms with E-state index in [1.54, 1.807) is 18.2 Å². The summed E-state index contributed by atoms with van der Waals surface area (Å²) in [5.74, 6) is 0.560. The molecule has 0 aliphatic carbocycles. The SMILES string of the molecule is COc1cccc2c1[nH]c(=S)n2CCC(F)(F)F. The second-order valence-electron chi connectivity index (χ2n) is 3.80. The van der Waals surface area contributed by atoms with Gasteiger partial charge in [0.05, 0.1) is 19.0 Å². The Bertz CT molecular complexity index is 615. The molecule has 98 valence electrons. The van der Waals surface area contributed by atoms with E-state index in [1.807, 2.05) is 0 Å². The van der Waals surface area contributed by atoms with Gasteiger partial charge in [-0.1, -0.05) is 6.07 Å². The van der Waals surface area contributed by atoms with Crippen LogP contribution in [0.5, 0.6) is 5.75 Å². The van der Waals surface area contributed by atoms with Crippen molar-refractivity contribution in [1.82, 2.24) is 9.55 Å². The Kier molecular flexibility index (Phi) is 3.34. The maximum Gasteiger partial charge on any atom is 0.390 e. The third-order valence-electron chi connectivity index (χ3n) is 2.61. The average Bonchev–Trinajstić information content (AvgIpc) is 2.61. The molecule has 0 spiro atoms. The highest BCUT2D eigenvalue weighted by molar-refractivity contribution is 7.71. The highest BCUT2D eigenvalue weighted by Gasteiger charge is 2.27. The lowest BCUT2D eigenvalue weighted by molar-refractivity contribution is -0.136. The van der Waals surface area contributed by atoms with Crippen molar-refractivity contribution < 1.29 is 17.9 Å². The number of rotatable bonds is 3. The molecule has 18 heavy (non-hydrogen) atoms. The number of nitrogens with one attached hydrogen (secondary N) is 1. The zero-order valence-electron chi connectivity index (χ0n) is 9.54. The Morgan fingerprint density at radius 3 is 2.72 bits per heavy atom. The first-order valence-electron chi connectivity index (χ1n) is 5.24. The third kappa shape index (κ3) is 2.50. The van der Waals surface area contributed by atoms with Crippen molar-refractivity contribution in [2.45, 2.75) is 19.1 Å². The number of aryl methyl sites for hydroxylation is 1. The van der Waals surface area contributed by atoms with Crippen LogP contribution in [0.15, 0.2) is 18.2 Å². The first kappa shape index (κ1) is 12.9. The van der Waals surface area contributed by atoms with E-state index >= 15 is 0 Å². The van der Waals surface area contributed by atoms with Gasteiger partial charge < -0.3 is 14.3 Å². The number of methoxy groups -OCH3 is 1. The van der Waals surface area contributed by atoms with Crippen LogP contribution in [-0.2, 0) is 6.54 Å². The van der Waals surface area contributed by atoms with Gasteiger partial charge in [-0.15, -0.1) is 0 Å². The van der Waals surface area contributed by atoms with Crippen molar-refractivity contribution in [2.24, 2.45) is 0 Å². The molecule has 0 bridgehead atoms. The Labute approximate surface area is 106 Å². The van der Waals surface area contributed by atoms with Gasteiger partial charge in [-0.3, -0.25) is 0 Å². The number of alkyl halides is 3. The lowest BCUT2D eigenvalue weighted by Gasteiger charge is -2.08. The monoisotopic (exact) mass is 276 g/mol. The number of hydrogen-bond acceptors (Lipinski definition) is 2. The molecule has 0 amide bonds. The van der Waals surface area contributed by atoms with Crippen LogP contribution in [0.4, 0.5) is 13.2 Å². The van der Waals surface area contributed by atoms with Crippen LogP contribution in [-0.4, -0.2) is 22.8 Å². The van der Waals surface area contributed by atoms with E-state index in [-0.39, 0.29) is 11.3 Å². The minimum Gasteiger partial charge on any atom is -0.494 e. The van der Waals surface area contributed by atoms with Gasteiger partial charge in [0.1, 0.15) is 11.3 Å². The van der Waals surface area contributed by atoms with E-state index in [4.69, 9.17) is 17.0 Å². The van der Waals surface area contributed by atoms with Crippen LogP contribution in [0.3, 0.4) is 0 Å². The van der Waals surface area contributed by atoms with E-state index < -0.39 is 12.6 Å². The zero-order chi connectivity index (χ0) is 13.3. The Hall–Kier alpha value is -1.50. The van der Waals surface area contributed by atoms with Crippen molar-refractivity contribution in [1.29, 1.82) is 0 Å². The molecule has 1 N–H and O–H groups in total. The molecule has 0 atom stereocenters.